The average Bonchev–Trinajstić information content (AvgIpc) is 3.28. The van der Waals surface area contributed by atoms with Crippen LogP contribution in [0.25, 0.3) is 0 Å². The Morgan fingerprint density at radius 1 is 1.00 bits per heavy atom. The van der Waals surface area contributed by atoms with Gasteiger partial charge in [0.1, 0.15) is 23.8 Å². The SMILES string of the molecule is O=C(C[C@@H]1C[C@@H]2c3cc(NC(=O)Nc4ccccc4F)ccc3O[C@@H]2[C@@H](CO)O1)NCCc1ccccc1. The molecule has 38 heavy (non-hydrogen) atoms. The summed E-state index contributed by atoms with van der Waals surface area (Å²) in [6.45, 7) is 0.290. The summed E-state index contributed by atoms with van der Waals surface area (Å²) in [6.07, 6.45) is 0.0844. The number of nitrogens with one attached hydrogen (secondary N) is 3. The lowest BCUT2D eigenvalue weighted by atomic mass is 9.84. The topological polar surface area (TPSA) is 109 Å². The molecule has 8 nitrogen and oxygen atoms in total. The molecule has 9 heteroatoms. The minimum absolute atomic E-state index is 0.0784. The van der Waals surface area contributed by atoms with Crippen molar-refractivity contribution in [3.63, 3.8) is 0 Å². The van der Waals surface area contributed by atoms with Crippen molar-refractivity contribution in [2.24, 2.45) is 0 Å². The van der Waals surface area contributed by atoms with Crippen molar-refractivity contribution in [2.45, 2.75) is 43.5 Å². The van der Waals surface area contributed by atoms with Crippen LogP contribution in [-0.4, -0.2) is 48.5 Å². The molecule has 4 N–H and O–H groups in total. The maximum absolute atomic E-state index is 13.9. The fraction of sp³-hybridized carbons (Fsp3) is 0.310. The third-order valence-electron chi connectivity index (χ3n) is 6.87. The maximum atomic E-state index is 13.9. The van der Waals surface area contributed by atoms with E-state index in [1.807, 2.05) is 36.4 Å². The largest absolute Gasteiger partial charge is 0.487 e. The fourth-order valence-corrected chi connectivity index (χ4v) is 5.08. The van der Waals surface area contributed by atoms with Gasteiger partial charge >= 0.3 is 6.03 Å². The summed E-state index contributed by atoms with van der Waals surface area (Å²) in [5.74, 6) is -0.106. The normalized spacial score (nSPS) is 21.5. The summed E-state index contributed by atoms with van der Waals surface area (Å²) >= 11 is 0. The Labute approximate surface area is 220 Å². The lowest BCUT2D eigenvalue weighted by Crippen LogP contribution is -2.47. The summed E-state index contributed by atoms with van der Waals surface area (Å²) in [4.78, 5) is 25.1. The average molecular weight is 520 g/mol. The number of para-hydroxylation sites is 1. The number of hydrogen-bond acceptors (Lipinski definition) is 5. The molecule has 1 fully saturated rings. The number of carbonyl (C=O) groups excluding carboxylic acids is 2. The third-order valence-corrected chi connectivity index (χ3v) is 6.87. The first-order valence-corrected chi connectivity index (χ1v) is 12.7. The molecule has 0 radical (unpaired) electrons. The highest BCUT2D eigenvalue weighted by atomic mass is 19.1. The predicted molar refractivity (Wildman–Crippen MR) is 141 cm³/mol. The lowest BCUT2D eigenvalue weighted by Gasteiger charge is -2.37. The van der Waals surface area contributed by atoms with E-state index in [1.54, 1.807) is 24.3 Å². The van der Waals surface area contributed by atoms with Gasteiger partial charge in [0.25, 0.3) is 0 Å². The van der Waals surface area contributed by atoms with Crippen LogP contribution in [0.4, 0.5) is 20.6 Å². The molecule has 0 aromatic heterocycles. The number of aliphatic hydroxyl groups is 1. The summed E-state index contributed by atoms with van der Waals surface area (Å²) in [7, 11) is 0. The van der Waals surface area contributed by atoms with Gasteiger partial charge < -0.3 is 30.5 Å². The summed E-state index contributed by atoms with van der Waals surface area (Å²) in [5, 5.41) is 18.2. The zero-order chi connectivity index (χ0) is 26.5. The van der Waals surface area contributed by atoms with E-state index in [0.717, 1.165) is 17.5 Å². The monoisotopic (exact) mass is 519 g/mol. The van der Waals surface area contributed by atoms with Gasteiger partial charge in [-0.05, 0) is 48.7 Å². The minimum atomic E-state index is -0.580. The molecule has 0 aliphatic carbocycles. The van der Waals surface area contributed by atoms with Gasteiger partial charge in [0.15, 0.2) is 0 Å². The minimum Gasteiger partial charge on any atom is -0.487 e. The number of fused-ring (bicyclic) bond motifs is 3. The number of rotatable bonds is 8. The van der Waals surface area contributed by atoms with Crippen molar-refractivity contribution >= 4 is 23.3 Å². The number of amides is 3. The van der Waals surface area contributed by atoms with Gasteiger partial charge in [-0.15, -0.1) is 0 Å². The second-order valence-electron chi connectivity index (χ2n) is 9.51. The van der Waals surface area contributed by atoms with Crippen molar-refractivity contribution in [2.75, 3.05) is 23.8 Å². The van der Waals surface area contributed by atoms with Crippen LogP contribution in [0.2, 0.25) is 0 Å². The maximum Gasteiger partial charge on any atom is 0.323 e. The number of urea groups is 1. The zero-order valence-electron chi connectivity index (χ0n) is 20.7. The van der Waals surface area contributed by atoms with Crippen LogP contribution in [0.5, 0.6) is 5.75 Å². The Hall–Kier alpha value is -3.95. The number of anilines is 2. The second kappa shape index (κ2) is 11.6. The van der Waals surface area contributed by atoms with Crippen molar-refractivity contribution < 1.29 is 28.6 Å². The Morgan fingerprint density at radius 2 is 1.79 bits per heavy atom. The molecule has 0 bridgehead atoms. The van der Waals surface area contributed by atoms with E-state index < -0.39 is 24.1 Å². The second-order valence-corrected chi connectivity index (χ2v) is 9.51. The lowest BCUT2D eigenvalue weighted by molar-refractivity contribution is -0.142. The van der Waals surface area contributed by atoms with Crippen LogP contribution in [0.15, 0.2) is 72.8 Å². The molecule has 1 saturated heterocycles. The molecule has 5 rings (SSSR count). The van der Waals surface area contributed by atoms with Gasteiger partial charge in [-0.25, -0.2) is 9.18 Å². The molecule has 2 aliphatic heterocycles. The molecular weight excluding hydrogens is 489 g/mol. The van der Waals surface area contributed by atoms with Crippen molar-refractivity contribution in [1.82, 2.24) is 5.32 Å². The van der Waals surface area contributed by atoms with E-state index in [9.17, 15) is 19.1 Å². The summed E-state index contributed by atoms with van der Waals surface area (Å²) in [5.41, 5.74) is 2.62. The van der Waals surface area contributed by atoms with E-state index in [4.69, 9.17) is 9.47 Å². The number of hydrogen-bond donors (Lipinski definition) is 4. The number of ether oxygens (including phenoxy) is 2. The van der Waals surface area contributed by atoms with Gasteiger partial charge in [0, 0.05) is 23.7 Å². The molecule has 3 amide bonds. The van der Waals surface area contributed by atoms with Gasteiger partial charge in [-0.3, -0.25) is 4.79 Å². The van der Waals surface area contributed by atoms with Crippen molar-refractivity contribution in [3.05, 3.63) is 89.7 Å². The fourth-order valence-electron chi connectivity index (χ4n) is 5.08. The molecule has 3 aromatic carbocycles. The van der Waals surface area contributed by atoms with Gasteiger partial charge in [-0.2, -0.15) is 0 Å². The number of halogens is 1. The van der Waals surface area contributed by atoms with E-state index in [2.05, 4.69) is 16.0 Å². The predicted octanol–water partition coefficient (Wildman–Crippen LogP) is 4.21. The molecule has 3 aromatic rings. The van der Waals surface area contributed by atoms with E-state index in [0.29, 0.717) is 24.4 Å². The van der Waals surface area contributed by atoms with Crippen LogP contribution >= 0.6 is 0 Å². The molecule has 0 unspecified atom stereocenters. The van der Waals surface area contributed by atoms with Gasteiger partial charge in [-0.1, -0.05) is 42.5 Å². The molecule has 0 saturated carbocycles. The quantitative estimate of drug-likeness (QED) is 0.357. The van der Waals surface area contributed by atoms with Crippen LogP contribution < -0.4 is 20.7 Å². The molecule has 0 spiro atoms. The summed E-state index contributed by atoms with van der Waals surface area (Å²) in [6, 6.07) is 20.6. The highest BCUT2D eigenvalue weighted by Crippen LogP contribution is 2.47. The summed E-state index contributed by atoms with van der Waals surface area (Å²) < 4.78 is 26.0. The first-order valence-electron chi connectivity index (χ1n) is 12.7. The van der Waals surface area contributed by atoms with Crippen LogP contribution in [0.3, 0.4) is 0 Å². The Morgan fingerprint density at radius 3 is 2.58 bits per heavy atom. The Bertz CT molecular complexity index is 1290. The molecule has 198 valence electrons. The first-order chi connectivity index (χ1) is 18.5. The Balaban J connectivity index is 1.21. The van der Waals surface area contributed by atoms with Crippen LogP contribution in [0, 0.1) is 5.82 Å². The smallest absolute Gasteiger partial charge is 0.323 e. The van der Waals surface area contributed by atoms with Crippen LogP contribution in [-0.2, 0) is 16.0 Å². The van der Waals surface area contributed by atoms with E-state index in [-0.39, 0.29) is 36.6 Å². The van der Waals surface area contributed by atoms with Gasteiger partial charge in [0.05, 0.1) is 24.8 Å². The van der Waals surface area contributed by atoms with E-state index in [1.165, 1.54) is 12.1 Å². The highest BCUT2D eigenvalue weighted by molar-refractivity contribution is 6.00. The van der Waals surface area contributed by atoms with Gasteiger partial charge in [0.2, 0.25) is 5.91 Å². The number of carbonyl (C=O) groups is 2. The first kappa shape index (κ1) is 25.7. The highest BCUT2D eigenvalue weighted by Gasteiger charge is 2.46. The molecular formula is C29H30FN3O5. The van der Waals surface area contributed by atoms with Crippen LogP contribution in [0.1, 0.15) is 29.9 Å². The number of benzene rings is 3. The molecule has 2 heterocycles. The molecule has 2 aliphatic rings. The standard InChI is InChI=1S/C29H30FN3O5/c30-23-8-4-5-9-24(23)33-29(36)32-19-10-11-25-21(14-19)22-15-20(37-26(17-34)28(22)38-25)16-27(35)31-13-12-18-6-2-1-3-7-18/h1-11,14,20,22,26,28,34H,12-13,15-17H2,(H,31,35)(H2,32,33,36)/t20-,22+,26+,28-/m0/s1. The van der Waals surface area contributed by atoms with Crippen molar-refractivity contribution in [3.8, 4) is 5.75 Å². The third kappa shape index (κ3) is 5.95. The Kier molecular flexibility index (Phi) is 7.86. The van der Waals surface area contributed by atoms with E-state index >= 15 is 0 Å². The zero-order valence-corrected chi connectivity index (χ0v) is 20.7. The number of aliphatic hydroxyl groups excluding tert-OH is 1. The van der Waals surface area contributed by atoms with Crippen molar-refractivity contribution in [1.29, 1.82) is 0 Å². The molecule has 4 atom stereocenters.